The summed E-state index contributed by atoms with van der Waals surface area (Å²) in [5.41, 5.74) is 0.781. The lowest BCUT2D eigenvalue weighted by Crippen LogP contribution is -2.47. The van der Waals surface area contributed by atoms with Gasteiger partial charge in [0.05, 0.1) is 6.42 Å². The minimum atomic E-state index is -0.497. The van der Waals surface area contributed by atoms with Crippen LogP contribution in [0.25, 0.3) is 11.0 Å². The first-order valence-corrected chi connectivity index (χ1v) is 6.57. The highest BCUT2D eigenvalue weighted by atomic mass is 19.1. The number of rotatable bonds is 2. The molecule has 1 fully saturated rings. The molecule has 3 rings (SSSR count). The van der Waals surface area contributed by atoms with Crippen LogP contribution in [-0.4, -0.2) is 63.9 Å². The first kappa shape index (κ1) is 13.0. The van der Waals surface area contributed by atoms with E-state index in [0.29, 0.717) is 29.7 Å². The van der Waals surface area contributed by atoms with Gasteiger partial charge in [-0.2, -0.15) is 4.39 Å². The van der Waals surface area contributed by atoms with Crippen LogP contribution in [-0.2, 0) is 11.2 Å². The van der Waals surface area contributed by atoms with Crippen molar-refractivity contribution >= 4 is 16.9 Å². The van der Waals surface area contributed by atoms with Gasteiger partial charge < -0.3 is 14.8 Å². The van der Waals surface area contributed by atoms with Gasteiger partial charge >= 0.3 is 0 Å². The number of carbonyl (C=O) groups excluding carboxylic acids is 1. The van der Waals surface area contributed by atoms with E-state index in [2.05, 4.69) is 19.9 Å². The van der Waals surface area contributed by atoms with E-state index in [4.69, 9.17) is 0 Å². The summed E-state index contributed by atoms with van der Waals surface area (Å²) in [6.45, 7) is 3.09. The Morgan fingerprint density at radius 3 is 2.90 bits per heavy atom. The smallest absolute Gasteiger partial charge is 0.227 e. The Labute approximate surface area is 115 Å². The van der Waals surface area contributed by atoms with Crippen molar-refractivity contribution in [2.45, 2.75) is 6.42 Å². The Morgan fingerprint density at radius 1 is 1.40 bits per heavy atom. The Bertz CT molecular complexity index is 633. The molecule has 1 aliphatic rings. The van der Waals surface area contributed by atoms with E-state index in [9.17, 15) is 9.18 Å². The van der Waals surface area contributed by atoms with Gasteiger partial charge in [0, 0.05) is 43.3 Å². The molecular weight excluding hydrogens is 261 g/mol. The quantitative estimate of drug-likeness (QED) is 0.863. The van der Waals surface area contributed by atoms with Crippen molar-refractivity contribution in [2.75, 3.05) is 33.2 Å². The third-order valence-corrected chi connectivity index (χ3v) is 3.71. The van der Waals surface area contributed by atoms with E-state index in [-0.39, 0.29) is 12.3 Å². The van der Waals surface area contributed by atoms with E-state index in [1.807, 2.05) is 7.05 Å². The highest BCUT2D eigenvalue weighted by Gasteiger charge is 2.22. The number of aromatic nitrogens is 3. The number of piperazine rings is 1. The van der Waals surface area contributed by atoms with Gasteiger partial charge in [0.2, 0.25) is 5.91 Å². The minimum Gasteiger partial charge on any atom is -0.340 e. The summed E-state index contributed by atoms with van der Waals surface area (Å²) in [7, 11) is 2.03. The van der Waals surface area contributed by atoms with Crippen LogP contribution in [0, 0.1) is 5.95 Å². The summed E-state index contributed by atoms with van der Waals surface area (Å²) in [4.78, 5) is 26.6. The van der Waals surface area contributed by atoms with E-state index in [1.165, 1.54) is 12.5 Å². The third kappa shape index (κ3) is 2.36. The number of nitrogens with zero attached hydrogens (tertiary/aromatic N) is 4. The number of halogens is 1. The monoisotopic (exact) mass is 277 g/mol. The minimum absolute atomic E-state index is 0.0446. The molecule has 0 radical (unpaired) electrons. The molecule has 0 spiro atoms. The first-order chi connectivity index (χ1) is 9.65. The molecule has 1 aliphatic heterocycles. The average Bonchev–Trinajstić information content (AvgIpc) is 2.76. The maximum Gasteiger partial charge on any atom is 0.227 e. The van der Waals surface area contributed by atoms with Crippen LogP contribution in [0.15, 0.2) is 12.5 Å². The fourth-order valence-corrected chi connectivity index (χ4v) is 2.44. The van der Waals surface area contributed by atoms with E-state index < -0.39 is 5.95 Å². The summed E-state index contributed by atoms with van der Waals surface area (Å²) < 4.78 is 13.9. The number of nitrogens with one attached hydrogen (secondary N) is 1. The van der Waals surface area contributed by atoms with Crippen LogP contribution in [0.4, 0.5) is 4.39 Å². The molecule has 0 unspecified atom stereocenters. The molecule has 0 aliphatic carbocycles. The molecule has 2 aromatic heterocycles. The molecule has 20 heavy (non-hydrogen) atoms. The molecule has 3 heterocycles. The zero-order valence-electron chi connectivity index (χ0n) is 11.3. The standard InChI is InChI=1S/C13H16FN5O/c1-18-2-4-19(5-3-18)11(20)6-9-10-7-15-8-16-13(10)17-12(9)14/h7-8H,2-6H2,1H3,(H,15,16,17). The second-order valence-corrected chi connectivity index (χ2v) is 5.06. The van der Waals surface area contributed by atoms with Crippen molar-refractivity contribution in [3.05, 3.63) is 24.0 Å². The van der Waals surface area contributed by atoms with E-state index >= 15 is 0 Å². The Kier molecular flexibility index (Phi) is 3.35. The maximum atomic E-state index is 13.9. The highest BCUT2D eigenvalue weighted by Crippen LogP contribution is 2.20. The number of fused-ring (bicyclic) bond motifs is 1. The zero-order chi connectivity index (χ0) is 14.1. The lowest BCUT2D eigenvalue weighted by atomic mass is 10.1. The second kappa shape index (κ2) is 5.16. The lowest BCUT2D eigenvalue weighted by Gasteiger charge is -2.32. The van der Waals surface area contributed by atoms with Gasteiger partial charge in [-0.15, -0.1) is 0 Å². The summed E-state index contributed by atoms with van der Waals surface area (Å²) in [6, 6.07) is 0. The summed E-state index contributed by atoms with van der Waals surface area (Å²) in [6.07, 6.45) is 2.93. The molecule has 0 saturated carbocycles. The number of hydrogen-bond acceptors (Lipinski definition) is 4. The van der Waals surface area contributed by atoms with Crippen LogP contribution >= 0.6 is 0 Å². The molecule has 1 saturated heterocycles. The van der Waals surface area contributed by atoms with Gasteiger partial charge in [-0.25, -0.2) is 9.97 Å². The molecular formula is C13H16FN5O. The lowest BCUT2D eigenvalue weighted by molar-refractivity contribution is -0.132. The van der Waals surface area contributed by atoms with Crippen LogP contribution in [0.5, 0.6) is 0 Å². The van der Waals surface area contributed by atoms with Crippen molar-refractivity contribution in [3.8, 4) is 0 Å². The Morgan fingerprint density at radius 2 is 2.15 bits per heavy atom. The Hall–Kier alpha value is -2.02. The maximum absolute atomic E-state index is 13.9. The van der Waals surface area contributed by atoms with Crippen molar-refractivity contribution in [1.82, 2.24) is 24.8 Å². The molecule has 1 amide bonds. The fraction of sp³-hybridized carbons (Fsp3) is 0.462. The first-order valence-electron chi connectivity index (χ1n) is 6.57. The number of hydrogen-bond donors (Lipinski definition) is 1. The Balaban J connectivity index is 1.79. The fourth-order valence-electron chi connectivity index (χ4n) is 2.44. The zero-order valence-corrected chi connectivity index (χ0v) is 11.3. The summed E-state index contributed by atoms with van der Waals surface area (Å²) >= 11 is 0. The van der Waals surface area contributed by atoms with E-state index in [1.54, 1.807) is 4.90 Å². The van der Waals surface area contributed by atoms with Crippen LogP contribution in [0.2, 0.25) is 0 Å². The average molecular weight is 277 g/mol. The summed E-state index contributed by atoms with van der Waals surface area (Å²) in [5, 5.41) is 0.576. The van der Waals surface area contributed by atoms with Gasteiger partial charge in [0.25, 0.3) is 0 Å². The topological polar surface area (TPSA) is 65.1 Å². The van der Waals surface area contributed by atoms with Crippen LogP contribution in [0.3, 0.4) is 0 Å². The van der Waals surface area contributed by atoms with Gasteiger partial charge in [-0.1, -0.05) is 0 Å². The van der Waals surface area contributed by atoms with Gasteiger partial charge in [-0.3, -0.25) is 4.79 Å². The SMILES string of the molecule is CN1CCN(C(=O)Cc2c(F)[nH]c3ncncc23)CC1. The highest BCUT2D eigenvalue weighted by molar-refractivity contribution is 5.87. The largest absolute Gasteiger partial charge is 0.340 e. The van der Waals surface area contributed by atoms with Crippen LogP contribution < -0.4 is 0 Å². The third-order valence-electron chi connectivity index (χ3n) is 3.71. The van der Waals surface area contributed by atoms with Gasteiger partial charge in [0.15, 0.2) is 5.95 Å². The van der Waals surface area contributed by atoms with Crippen LogP contribution in [0.1, 0.15) is 5.56 Å². The van der Waals surface area contributed by atoms with Crippen molar-refractivity contribution in [1.29, 1.82) is 0 Å². The number of H-pyrrole nitrogens is 1. The molecule has 7 heteroatoms. The van der Waals surface area contributed by atoms with Crippen molar-refractivity contribution in [3.63, 3.8) is 0 Å². The number of aromatic amines is 1. The predicted molar refractivity (Wildman–Crippen MR) is 71.6 cm³/mol. The number of likely N-dealkylation sites (N-methyl/N-ethyl adjacent to an activating group) is 1. The number of carbonyl (C=O) groups is 1. The number of amides is 1. The second-order valence-electron chi connectivity index (χ2n) is 5.06. The van der Waals surface area contributed by atoms with E-state index in [0.717, 1.165) is 13.1 Å². The van der Waals surface area contributed by atoms with Crippen molar-refractivity contribution in [2.24, 2.45) is 0 Å². The molecule has 2 aromatic rings. The molecule has 1 N–H and O–H groups in total. The normalized spacial score (nSPS) is 16.8. The molecule has 0 atom stereocenters. The molecule has 6 nitrogen and oxygen atoms in total. The van der Waals surface area contributed by atoms with Gasteiger partial charge in [0.1, 0.15) is 12.0 Å². The van der Waals surface area contributed by atoms with Crippen molar-refractivity contribution < 1.29 is 9.18 Å². The van der Waals surface area contributed by atoms with Gasteiger partial charge in [-0.05, 0) is 7.05 Å². The predicted octanol–water partition coefficient (Wildman–Crippen LogP) is 0.413. The molecule has 106 valence electrons. The summed E-state index contributed by atoms with van der Waals surface area (Å²) in [5.74, 6) is -0.551. The molecule has 0 bridgehead atoms. The molecule has 0 aromatic carbocycles.